The van der Waals surface area contributed by atoms with Crippen LogP contribution < -0.4 is 0 Å². The summed E-state index contributed by atoms with van der Waals surface area (Å²) in [7, 11) is 0. The van der Waals surface area contributed by atoms with Crippen molar-refractivity contribution in [2.24, 2.45) is 5.92 Å². The minimum atomic E-state index is -0.150. The molecule has 2 aliphatic heterocycles. The molecule has 0 aliphatic carbocycles. The van der Waals surface area contributed by atoms with Crippen LogP contribution in [0, 0.1) is 11.7 Å². The summed E-state index contributed by atoms with van der Waals surface area (Å²) in [6.45, 7) is 7.96. The highest BCUT2D eigenvalue weighted by molar-refractivity contribution is 5.78. The Bertz CT molecular complexity index is 585. The lowest BCUT2D eigenvalue weighted by Gasteiger charge is -2.22. The molecule has 0 N–H and O–H groups in total. The number of nitrogens with zero attached hydrogens (tertiary/aromatic N) is 1. The fourth-order valence-corrected chi connectivity index (χ4v) is 3.66. The van der Waals surface area contributed by atoms with Crippen molar-refractivity contribution in [2.45, 2.75) is 58.8 Å². The van der Waals surface area contributed by atoms with Gasteiger partial charge in [-0.2, -0.15) is 0 Å². The maximum atomic E-state index is 14.1. The molecule has 1 aromatic carbocycles. The Hall–Kier alpha value is -1.42. The van der Waals surface area contributed by atoms with Crippen LogP contribution in [0.5, 0.6) is 0 Å². The molecular formula is C18H24FNO2. The van der Waals surface area contributed by atoms with Gasteiger partial charge in [-0.15, -0.1) is 0 Å². The molecule has 1 saturated heterocycles. The van der Waals surface area contributed by atoms with Crippen LogP contribution in [0.4, 0.5) is 4.39 Å². The van der Waals surface area contributed by atoms with Gasteiger partial charge in [0.2, 0.25) is 5.91 Å². The van der Waals surface area contributed by atoms with E-state index in [2.05, 4.69) is 26.8 Å². The maximum Gasteiger partial charge on any atom is 0.223 e. The number of likely N-dealkylation sites (tertiary alicyclic amines) is 1. The SMILES string of the molecule is CC(CC1CC(=O)N(C(C)C)C1)c1cc(F)c2c(c1)COC2. The van der Waals surface area contributed by atoms with Crippen molar-refractivity contribution in [3.8, 4) is 0 Å². The largest absolute Gasteiger partial charge is 0.372 e. The molecule has 0 radical (unpaired) electrons. The second kappa shape index (κ2) is 5.99. The van der Waals surface area contributed by atoms with E-state index >= 15 is 0 Å². The summed E-state index contributed by atoms with van der Waals surface area (Å²) < 4.78 is 19.4. The molecule has 2 unspecified atom stereocenters. The summed E-state index contributed by atoms with van der Waals surface area (Å²) in [5.41, 5.74) is 2.71. The Kier molecular flexibility index (Phi) is 4.22. The molecule has 2 aliphatic rings. The minimum Gasteiger partial charge on any atom is -0.372 e. The number of fused-ring (bicyclic) bond motifs is 1. The first-order valence-corrected chi connectivity index (χ1v) is 8.14. The third-order valence-electron chi connectivity index (χ3n) is 4.93. The van der Waals surface area contributed by atoms with Gasteiger partial charge < -0.3 is 9.64 Å². The van der Waals surface area contributed by atoms with Crippen molar-refractivity contribution in [3.63, 3.8) is 0 Å². The first kappa shape index (κ1) is 15.5. The number of amides is 1. The Morgan fingerprint density at radius 3 is 2.77 bits per heavy atom. The molecule has 120 valence electrons. The average molecular weight is 305 g/mol. The molecule has 1 fully saturated rings. The third-order valence-corrected chi connectivity index (χ3v) is 4.93. The van der Waals surface area contributed by atoms with Crippen molar-refractivity contribution in [1.82, 2.24) is 4.90 Å². The van der Waals surface area contributed by atoms with Gasteiger partial charge in [-0.25, -0.2) is 4.39 Å². The van der Waals surface area contributed by atoms with E-state index in [-0.39, 0.29) is 23.7 Å². The number of carbonyl (C=O) groups excluding carboxylic acids is 1. The number of rotatable bonds is 4. The number of hydrogen-bond donors (Lipinski definition) is 0. The van der Waals surface area contributed by atoms with E-state index in [4.69, 9.17) is 4.74 Å². The van der Waals surface area contributed by atoms with E-state index in [0.717, 1.165) is 24.1 Å². The molecule has 0 aromatic heterocycles. The quantitative estimate of drug-likeness (QED) is 0.850. The Balaban J connectivity index is 1.69. The highest BCUT2D eigenvalue weighted by Gasteiger charge is 2.32. The molecule has 1 aromatic rings. The van der Waals surface area contributed by atoms with Crippen molar-refractivity contribution < 1.29 is 13.9 Å². The number of carbonyl (C=O) groups is 1. The first-order valence-electron chi connectivity index (χ1n) is 8.14. The normalized spacial score (nSPS) is 22.5. The van der Waals surface area contributed by atoms with Crippen LogP contribution >= 0.6 is 0 Å². The van der Waals surface area contributed by atoms with Gasteiger partial charge in [0.05, 0.1) is 13.2 Å². The molecular weight excluding hydrogens is 281 g/mol. The summed E-state index contributed by atoms with van der Waals surface area (Å²) in [5.74, 6) is 0.728. The van der Waals surface area contributed by atoms with Gasteiger partial charge in [-0.1, -0.05) is 13.0 Å². The van der Waals surface area contributed by atoms with Crippen LogP contribution in [0.3, 0.4) is 0 Å². The topological polar surface area (TPSA) is 29.5 Å². The van der Waals surface area contributed by atoms with E-state index < -0.39 is 0 Å². The molecule has 4 heteroatoms. The van der Waals surface area contributed by atoms with Crippen LogP contribution in [-0.4, -0.2) is 23.4 Å². The number of ether oxygens (including phenoxy) is 1. The van der Waals surface area contributed by atoms with E-state index in [0.29, 0.717) is 31.1 Å². The van der Waals surface area contributed by atoms with E-state index in [1.165, 1.54) is 0 Å². The molecule has 0 spiro atoms. The summed E-state index contributed by atoms with van der Waals surface area (Å²) in [5, 5.41) is 0. The smallest absolute Gasteiger partial charge is 0.223 e. The van der Waals surface area contributed by atoms with Crippen LogP contribution in [0.2, 0.25) is 0 Å². The second-order valence-electron chi connectivity index (χ2n) is 6.98. The Morgan fingerprint density at radius 1 is 1.32 bits per heavy atom. The van der Waals surface area contributed by atoms with Gasteiger partial charge in [0, 0.05) is 24.6 Å². The lowest BCUT2D eigenvalue weighted by Crippen LogP contribution is -2.32. The van der Waals surface area contributed by atoms with Gasteiger partial charge in [0.1, 0.15) is 5.82 Å². The van der Waals surface area contributed by atoms with Crippen molar-refractivity contribution in [1.29, 1.82) is 0 Å². The molecule has 2 atom stereocenters. The van der Waals surface area contributed by atoms with Crippen LogP contribution in [0.15, 0.2) is 12.1 Å². The number of benzene rings is 1. The number of hydrogen-bond acceptors (Lipinski definition) is 2. The van der Waals surface area contributed by atoms with Crippen molar-refractivity contribution in [3.05, 3.63) is 34.6 Å². The van der Waals surface area contributed by atoms with Gasteiger partial charge in [0.15, 0.2) is 0 Å². The average Bonchev–Trinajstić information content (AvgIpc) is 3.05. The van der Waals surface area contributed by atoms with E-state index in [1.54, 1.807) is 6.07 Å². The fraction of sp³-hybridized carbons (Fsp3) is 0.611. The predicted molar refractivity (Wildman–Crippen MR) is 82.9 cm³/mol. The third kappa shape index (κ3) is 2.89. The van der Waals surface area contributed by atoms with Gasteiger partial charge in [-0.3, -0.25) is 4.79 Å². The minimum absolute atomic E-state index is 0.150. The Labute approximate surface area is 131 Å². The van der Waals surface area contributed by atoms with Crippen molar-refractivity contribution in [2.75, 3.05) is 6.54 Å². The monoisotopic (exact) mass is 305 g/mol. The summed E-state index contributed by atoms with van der Waals surface area (Å²) in [6, 6.07) is 3.99. The Morgan fingerprint density at radius 2 is 2.09 bits per heavy atom. The molecule has 2 heterocycles. The summed E-state index contributed by atoms with van der Waals surface area (Å²) in [4.78, 5) is 14.0. The molecule has 1 amide bonds. The maximum absolute atomic E-state index is 14.1. The van der Waals surface area contributed by atoms with E-state index in [9.17, 15) is 9.18 Å². The summed E-state index contributed by atoms with van der Waals surface area (Å²) >= 11 is 0. The summed E-state index contributed by atoms with van der Waals surface area (Å²) in [6.07, 6.45) is 1.55. The van der Waals surface area contributed by atoms with E-state index in [1.807, 2.05) is 4.90 Å². The van der Waals surface area contributed by atoms with Crippen LogP contribution in [-0.2, 0) is 22.7 Å². The van der Waals surface area contributed by atoms with Gasteiger partial charge in [-0.05, 0) is 49.3 Å². The second-order valence-corrected chi connectivity index (χ2v) is 6.98. The highest BCUT2D eigenvalue weighted by Crippen LogP contribution is 2.33. The van der Waals surface area contributed by atoms with Gasteiger partial charge >= 0.3 is 0 Å². The molecule has 0 bridgehead atoms. The standard InChI is InChI=1S/C18H24FNO2/c1-11(2)20-8-13(5-18(20)21)4-12(3)14-6-15-9-22-10-16(15)17(19)7-14/h6-7,11-13H,4-5,8-10H2,1-3H3. The zero-order valence-corrected chi connectivity index (χ0v) is 13.6. The molecule has 3 nitrogen and oxygen atoms in total. The zero-order chi connectivity index (χ0) is 15.9. The molecule has 3 rings (SSSR count). The van der Waals surface area contributed by atoms with Crippen LogP contribution in [0.25, 0.3) is 0 Å². The lowest BCUT2D eigenvalue weighted by molar-refractivity contribution is -0.129. The first-order chi connectivity index (χ1) is 10.5. The van der Waals surface area contributed by atoms with Crippen molar-refractivity contribution >= 4 is 5.91 Å². The van der Waals surface area contributed by atoms with Crippen LogP contribution in [0.1, 0.15) is 56.2 Å². The molecule has 22 heavy (non-hydrogen) atoms. The highest BCUT2D eigenvalue weighted by atomic mass is 19.1. The molecule has 0 saturated carbocycles. The number of halogens is 1. The zero-order valence-electron chi connectivity index (χ0n) is 13.6. The van der Waals surface area contributed by atoms with Gasteiger partial charge in [0.25, 0.3) is 0 Å². The predicted octanol–water partition coefficient (Wildman–Crippen LogP) is 3.61. The fourth-order valence-electron chi connectivity index (χ4n) is 3.66. The lowest BCUT2D eigenvalue weighted by atomic mass is 9.88.